The molecule has 0 saturated carbocycles. The number of carbonyl (C=O) groups is 1. The summed E-state index contributed by atoms with van der Waals surface area (Å²) in [6.07, 6.45) is 0. The molecule has 0 aliphatic rings. The van der Waals surface area contributed by atoms with Crippen LogP contribution >= 0.6 is 0 Å². The van der Waals surface area contributed by atoms with Gasteiger partial charge in [-0.1, -0.05) is 39.0 Å². The minimum Gasteiger partial charge on any atom is -0.313 e. The third-order valence-electron chi connectivity index (χ3n) is 2.32. The molecule has 0 spiro atoms. The van der Waals surface area contributed by atoms with Crippen LogP contribution in [0.25, 0.3) is 0 Å². The molecule has 1 aromatic rings. The quantitative estimate of drug-likeness (QED) is 0.749. The Labute approximate surface area is 91.7 Å². The number of ketones is 1. The van der Waals surface area contributed by atoms with Crippen molar-refractivity contribution in [3.05, 3.63) is 35.4 Å². The summed E-state index contributed by atoms with van der Waals surface area (Å²) in [7, 11) is 0. The van der Waals surface area contributed by atoms with Crippen LogP contribution in [0.2, 0.25) is 0 Å². The Hall–Kier alpha value is -1.15. The van der Waals surface area contributed by atoms with E-state index in [2.05, 4.69) is 12.2 Å². The lowest BCUT2D eigenvalue weighted by atomic mass is 9.99. The van der Waals surface area contributed by atoms with E-state index >= 15 is 0 Å². The van der Waals surface area contributed by atoms with E-state index in [-0.39, 0.29) is 11.7 Å². The van der Waals surface area contributed by atoms with Crippen LogP contribution in [0.15, 0.2) is 24.3 Å². The highest BCUT2D eigenvalue weighted by molar-refractivity contribution is 5.97. The largest absolute Gasteiger partial charge is 0.313 e. The Balaban J connectivity index is 2.78. The van der Waals surface area contributed by atoms with Crippen molar-refractivity contribution >= 4 is 5.78 Å². The van der Waals surface area contributed by atoms with Crippen molar-refractivity contribution in [2.75, 3.05) is 6.54 Å². The van der Waals surface area contributed by atoms with Crippen molar-refractivity contribution < 1.29 is 4.79 Å². The van der Waals surface area contributed by atoms with Crippen LogP contribution in [0, 0.1) is 5.92 Å². The van der Waals surface area contributed by atoms with Crippen LogP contribution in [-0.2, 0) is 6.54 Å². The fourth-order valence-electron chi connectivity index (χ4n) is 1.44. The van der Waals surface area contributed by atoms with E-state index in [1.54, 1.807) is 0 Å². The lowest BCUT2D eigenvalue weighted by Gasteiger charge is -2.07. The molecule has 15 heavy (non-hydrogen) atoms. The Morgan fingerprint density at radius 2 is 2.13 bits per heavy atom. The molecule has 0 aromatic heterocycles. The Bertz CT molecular complexity index is 331. The molecule has 1 aromatic carbocycles. The molecular formula is C13H19NO. The van der Waals surface area contributed by atoms with Gasteiger partial charge in [-0.3, -0.25) is 4.79 Å². The number of benzene rings is 1. The van der Waals surface area contributed by atoms with Gasteiger partial charge in [-0.05, 0) is 18.2 Å². The molecule has 0 bridgehead atoms. The zero-order valence-corrected chi connectivity index (χ0v) is 9.71. The van der Waals surface area contributed by atoms with E-state index < -0.39 is 0 Å². The molecule has 0 unspecified atom stereocenters. The molecule has 82 valence electrons. The fourth-order valence-corrected chi connectivity index (χ4v) is 1.44. The predicted molar refractivity (Wildman–Crippen MR) is 63.0 cm³/mol. The summed E-state index contributed by atoms with van der Waals surface area (Å²) in [5, 5.41) is 3.25. The summed E-state index contributed by atoms with van der Waals surface area (Å²) in [5.74, 6) is 0.285. The van der Waals surface area contributed by atoms with Crippen molar-refractivity contribution in [3.63, 3.8) is 0 Å². The summed E-state index contributed by atoms with van der Waals surface area (Å²) in [4.78, 5) is 11.8. The highest BCUT2D eigenvalue weighted by Crippen LogP contribution is 2.10. The monoisotopic (exact) mass is 205 g/mol. The van der Waals surface area contributed by atoms with E-state index in [4.69, 9.17) is 0 Å². The predicted octanol–water partition coefficient (Wildman–Crippen LogP) is 2.63. The van der Waals surface area contributed by atoms with Crippen LogP contribution in [0.5, 0.6) is 0 Å². The van der Waals surface area contributed by atoms with Gasteiger partial charge in [0.15, 0.2) is 5.78 Å². The highest BCUT2D eigenvalue weighted by Gasteiger charge is 2.09. The number of Topliss-reactive ketones (excluding diaryl/α,β-unsaturated/α-hetero) is 1. The molecule has 0 saturated heterocycles. The molecule has 1 rings (SSSR count). The zero-order valence-electron chi connectivity index (χ0n) is 9.71. The molecule has 0 amide bonds. The van der Waals surface area contributed by atoms with Crippen LogP contribution < -0.4 is 5.32 Å². The number of carbonyl (C=O) groups excluding carboxylic acids is 1. The number of hydrogen-bond donors (Lipinski definition) is 1. The lowest BCUT2D eigenvalue weighted by molar-refractivity contribution is 0.0939. The van der Waals surface area contributed by atoms with Crippen molar-refractivity contribution in [1.82, 2.24) is 5.32 Å². The van der Waals surface area contributed by atoms with E-state index in [0.29, 0.717) is 0 Å². The third-order valence-corrected chi connectivity index (χ3v) is 2.32. The zero-order chi connectivity index (χ0) is 11.3. The van der Waals surface area contributed by atoms with Gasteiger partial charge >= 0.3 is 0 Å². The van der Waals surface area contributed by atoms with Gasteiger partial charge in [0.25, 0.3) is 0 Å². The van der Waals surface area contributed by atoms with Gasteiger partial charge in [0.05, 0.1) is 0 Å². The normalized spacial score (nSPS) is 10.7. The summed E-state index contributed by atoms with van der Waals surface area (Å²) < 4.78 is 0. The standard InChI is InChI=1S/C13H19NO/c1-4-14-9-11-6-5-7-12(8-11)13(15)10(2)3/h5-8,10,14H,4,9H2,1-3H3. The van der Waals surface area contributed by atoms with Gasteiger partial charge in [0, 0.05) is 18.0 Å². The molecule has 0 aliphatic heterocycles. The number of rotatable bonds is 5. The van der Waals surface area contributed by atoms with E-state index in [1.807, 2.05) is 38.1 Å². The van der Waals surface area contributed by atoms with E-state index in [0.717, 1.165) is 18.7 Å². The van der Waals surface area contributed by atoms with Gasteiger partial charge < -0.3 is 5.32 Å². The highest BCUT2D eigenvalue weighted by atomic mass is 16.1. The molecule has 0 fully saturated rings. The topological polar surface area (TPSA) is 29.1 Å². The second-order valence-electron chi connectivity index (χ2n) is 4.00. The van der Waals surface area contributed by atoms with Gasteiger partial charge in [-0.25, -0.2) is 0 Å². The maximum Gasteiger partial charge on any atom is 0.165 e. The maximum absolute atomic E-state index is 11.8. The van der Waals surface area contributed by atoms with Crippen molar-refractivity contribution in [1.29, 1.82) is 0 Å². The van der Waals surface area contributed by atoms with E-state index in [1.165, 1.54) is 5.56 Å². The first kappa shape index (κ1) is 11.9. The Morgan fingerprint density at radius 1 is 1.40 bits per heavy atom. The van der Waals surface area contributed by atoms with Gasteiger partial charge in [-0.15, -0.1) is 0 Å². The van der Waals surface area contributed by atoms with Gasteiger partial charge in [0.1, 0.15) is 0 Å². The first-order chi connectivity index (χ1) is 7.15. The smallest absolute Gasteiger partial charge is 0.165 e. The summed E-state index contributed by atoms with van der Waals surface area (Å²) in [6.45, 7) is 7.71. The minimum atomic E-state index is 0.0689. The molecule has 2 nitrogen and oxygen atoms in total. The minimum absolute atomic E-state index is 0.0689. The third kappa shape index (κ3) is 3.48. The average Bonchev–Trinajstić information content (AvgIpc) is 2.25. The van der Waals surface area contributed by atoms with Gasteiger partial charge in [-0.2, -0.15) is 0 Å². The summed E-state index contributed by atoms with van der Waals surface area (Å²) in [5.41, 5.74) is 1.99. The van der Waals surface area contributed by atoms with Crippen LogP contribution in [-0.4, -0.2) is 12.3 Å². The summed E-state index contributed by atoms with van der Waals surface area (Å²) >= 11 is 0. The second kappa shape index (κ2) is 5.66. The van der Waals surface area contributed by atoms with Crippen LogP contribution in [0.3, 0.4) is 0 Å². The Morgan fingerprint density at radius 3 is 2.73 bits per heavy atom. The fraction of sp³-hybridized carbons (Fsp3) is 0.462. The van der Waals surface area contributed by atoms with Crippen molar-refractivity contribution in [2.45, 2.75) is 27.3 Å². The molecule has 0 atom stereocenters. The first-order valence-electron chi connectivity index (χ1n) is 5.49. The lowest BCUT2D eigenvalue weighted by Crippen LogP contribution is -2.13. The van der Waals surface area contributed by atoms with Crippen molar-refractivity contribution in [2.24, 2.45) is 5.92 Å². The molecule has 0 heterocycles. The Kier molecular flexibility index (Phi) is 4.50. The first-order valence-corrected chi connectivity index (χ1v) is 5.49. The molecule has 2 heteroatoms. The van der Waals surface area contributed by atoms with Crippen LogP contribution in [0.4, 0.5) is 0 Å². The van der Waals surface area contributed by atoms with Crippen molar-refractivity contribution in [3.8, 4) is 0 Å². The van der Waals surface area contributed by atoms with E-state index in [9.17, 15) is 4.79 Å². The number of nitrogens with one attached hydrogen (secondary N) is 1. The van der Waals surface area contributed by atoms with Gasteiger partial charge in [0.2, 0.25) is 0 Å². The molecule has 0 radical (unpaired) electrons. The van der Waals surface area contributed by atoms with Crippen LogP contribution in [0.1, 0.15) is 36.7 Å². The number of hydrogen-bond acceptors (Lipinski definition) is 2. The second-order valence-corrected chi connectivity index (χ2v) is 4.00. The summed E-state index contributed by atoms with van der Waals surface area (Å²) in [6, 6.07) is 7.85. The maximum atomic E-state index is 11.8. The SMILES string of the molecule is CCNCc1cccc(C(=O)C(C)C)c1. The molecule has 0 aliphatic carbocycles. The molecule has 1 N–H and O–H groups in total. The average molecular weight is 205 g/mol. The molecular weight excluding hydrogens is 186 g/mol.